The van der Waals surface area contributed by atoms with Gasteiger partial charge in [-0.3, -0.25) is 9.10 Å². The number of hydrogen-bond acceptors (Lipinski definition) is 5. The fraction of sp³-hybridized carbons (Fsp3) is 0.263. The molecule has 0 aliphatic heterocycles. The van der Waals surface area contributed by atoms with Gasteiger partial charge >= 0.3 is 0 Å². The molecule has 7 nitrogen and oxygen atoms in total. The van der Waals surface area contributed by atoms with E-state index in [-0.39, 0.29) is 6.54 Å². The predicted molar refractivity (Wildman–Crippen MR) is 119 cm³/mol. The van der Waals surface area contributed by atoms with E-state index in [1.807, 2.05) is 31.2 Å². The summed E-state index contributed by atoms with van der Waals surface area (Å²) >= 11 is 2.20. The third kappa shape index (κ3) is 6.48. The SMILES string of the molecule is CCOc1ccc(N(CC(=O)N/N=C(/C)c2ccc(I)cc2)S(C)(=O)=O)cc1. The van der Waals surface area contributed by atoms with Gasteiger partial charge in [0, 0.05) is 3.57 Å². The van der Waals surface area contributed by atoms with E-state index in [0.717, 1.165) is 19.7 Å². The summed E-state index contributed by atoms with van der Waals surface area (Å²) < 4.78 is 31.8. The molecule has 0 aliphatic carbocycles. The van der Waals surface area contributed by atoms with Gasteiger partial charge in [0.1, 0.15) is 12.3 Å². The Balaban J connectivity index is 2.10. The summed E-state index contributed by atoms with van der Waals surface area (Å²) in [6.45, 7) is 3.76. The lowest BCUT2D eigenvalue weighted by molar-refractivity contribution is -0.119. The first-order valence-electron chi connectivity index (χ1n) is 8.50. The molecular formula is C19H22IN3O4S. The molecule has 9 heteroatoms. The van der Waals surface area contributed by atoms with Crippen molar-refractivity contribution in [3.05, 3.63) is 57.7 Å². The minimum atomic E-state index is -3.65. The van der Waals surface area contributed by atoms with Crippen molar-refractivity contribution in [1.82, 2.24) is 5.43 Å². The number of nitrogens with one attached hydrogen (secondary N) is 1. The summed E-state index contributed by atoms with van der Waals surface area (Å²) in [4.78, 5) is 12.3. The first kappa shape index (κ1) is 22.2. The van der Waals surface area contributed by atoms with E-state index >= 15 is 0 Å². The average Bonchev–Trinajstić information content (AvgIpc) is 2.65. The van der Waals surface area contributed by atoms with Crippen LogP contribution in [0.4, 0.5) is 5.69 Å². The number of hydrogen-bond donors (Lipinski definition) is 1. The van der Waals surface area contributed by atoms with E-state index < -0.39 is 15.9 Å². The van der Waals surface area contributed by atoms with Crippen molar-refractivity contribution in [3.63, 3.8) is 0 Å². The fourth-order valence-electron chi connectivity index (χ4n) is 2.34. The van der Waals surface area contributed by atoms with Crippen LogP contribution >= 0.6 is 22.6 Å². The number of hydrazone groups is 1. The molecule has 0 radical (unpaired) electrons. The Kier molecular flexibility index (Phi) is 7.81. The molecule has 2 rings (SSSR count). The van der Waals surface area contributed by atoms with Crippen LogP contribution in [-0.4, -0.2) is 39.4 Å². The molecule has 0 saturated heterocycles. The Morgan fingerprint density at radius 2 is 1.75 bits per heavy atom. The molecule has 2 aromatic carbocycles. The second kappa shape index (κ2) is 9.87. The third-order valence-corrected chi connectivity index (χ3v) is 5.59. The summed E-state index contributed by atoms with van der Waals surface area (Å²) in [5, 5.41) is 4.06. The Morgan fingerprint density at radius 3 is 2.29 bits per heavy atom. The van der Waals surface area contributed by atoms with Crippen LogP contribution in [-0.2, 0) is 14.8 Å². The van der Waals surface area contributed by atoms with Gasteiger partial charge in [0.15, 0.2) is 0 Å². The maximum Gasteiger partial charge on any atom is 0.260 e. The van der Waals surface area contributed by atoms with Crippen LogP contribution in [0.15, 0.2) is 53.6 Å². The van der Waals surface area contributed by atoms with Gasteiger partial charge in [0.05, 0.1) is 24.3 Å². The van der Waals surface area contributed by atoms with Gasteiger partial charge < -0.3 is 4.74 Å². The van der Waals surface area contributed by atoms with E-state index in [0.29, 0.717) is 23.8 Å². The number of rotatable bonds is 8. The average molecular weight is 515 g/mol. The number of carbonyl (C=O) groups is 1. The molecule has 150 valence electrons. The van der Waals surface area contributed by atoms with Crippen molar-refractivity contribution >= 4 is 49.9 Å². The number of ether oxygens (including phenoxy) is 1. The Labute approximate surface area is 179 Å². The Morgan fingerprint density at radius 1 is 1.14 bits per heavy atom. The summed E-state index contributed by atoms with van der Waals surface area (Å²) in [6, 6.07) is 14.2. The molecular weight excluding hydrogens is 493 g/mol. The second-order valence-electron chi connectivity index (χ2n) is 5.94. The predicted octanol–water partition coefficient (Wildman–Crippen LogP) is 3.00. The number of sulfonamides is 1. The first-order valence-corrected chi connectivity index (χ1v) is 11.4. The fourth-order valence-corrected chi connectivity index (χ4v) is 3.56. The quantitative estimate of drug-likeness (QED) is 0.333. The lowest BCUT2D eigenvalue weighted by Crippen LogP contribution is -2.39. The molecule has 2 aromatic rings. The summed E-state index contributed by atoms with van der Waals surface area (Å²) in [5.41, 5.74) is 4.28. The zero-order chi connectivity index (χ0) is 20.7. The Hall–Kier alpha value is -2.14. The normalized spacial score (nSPS) is 11.8. The zero-order valence-electron chi connectivity index (χ0n) is 15.8. The van der Waals surface area contributed by atoms with Gasteiger partial charge in [-0.15, -0.1) is 0 Å². The van der Waals surface area contributed by atoms with Crippen molar-refractivity contribution < 1.29 is 17.9 Å². The lowest BCUT2D eigenvalue weighted by Gasteiger charge is -2.21. The highest BCUT2D eigenvalue weighted by Crippen LogP contribution is 2.21. The van der Waals surface area contributed by atoms with E-state index in [1.54, 1.807) is 31.2 Å². The van der Waals surface area contributed by atoms with Crippen LogP contribution in [0.1, 0.15) is 19.4 Å². The number of amides is 1. The summed E-state index contributed by atoms with van der Waals surface area (Å²) in [6.07, 6.45) is 1.05. The van der Waals surface area contributed by atoms with E-state index in [1.165, 1.54) is 0 Å². The highest BCUT2D eigenvalue weighted by atomic mass is 127. The van der Waals surface area contributed by atoms with Gasteiger partial charge in [-0.25, -0.2) is 13.8 Å². The van der Waals surface area contributed by atoms with E-state index in [2.05, 4.69) is 33.1 Å². The molecule has 0 aliphatic rings. The van der Waals surface area contributed by atoms with Crippen molar-refractivity contribution in [1.29, 1.82) is 0 Å². The molecule has 0 spiro atoms. The molecule has 0 saturated carbocycles. The maximum atomic E-state index is 12.3. The van der Waals surface area contributed by atoms with Crippen LogP contribution in [0.25, 0.3) is 0 Å². The number of anilines is 1. The zero-order valence-corrected chi connectivity index (χ0v) is 18.8. The van der Waals surface area contributed by atoms with Gasteiger partial charge in [-0.2, -0.15) is 5.10 Å². The molecule has 0 heterocycles. The first-order chi connectivity index (χ1) is 13.2. The molecule has 0 bridgehead atoms. The molecule has 0 fully saturated rings. The lowest BCUT2D eigenvalue weighted by atomic mass is 10.1. The van der Waals surface area contributed by atoms with Crippen molar-refractivity contribution in [3.8, 4) is 5.75 Å². The van der Waals surface area contributed by atoms with Crippen molar-refractivity contribution in [2.24, 2.45) is 5.10 Å². The third-order valence-electron chi connectivity index (χ3n) is 3.73. The van der Waals surface area contributed by atoms with Crippen LogP contribution in [0.2, 0.25) is 0 Å². The van der Waals surface area contributed by atoms with Crippen LogP contribution < -0.4 is 14.5 Å². The molecule has 1 amide bonds. The standard InChI is InChI=1S/C19H22IN3O4S/c1-4-27-18-11-9-17(10-12-18)23(28(3,25)26)13-19(24)22-21-14(2)15-5-7-16(20)8-6-15/h5-12H,4,13H2,1-3H3,(H,22,24)/b21-14-. The number of halogens is 1. The van der Waals surface area contributed by atoms with Crippen LogP contribution in [0.5, 0.6) is 5.75 Å². The van der Waals surface area contributed by atoms with Gasteiger partial charge in [-0.1, -0.05) is 12.1 Å². The van der Waals surface area contributed by atoms with Crippen molar-refractivity contribution in [2.45, 2.75) is 13.8 Å². The highest BCUT2D eigenvalue weighted by Gasteiger charge is 2.20. The number of benzene rings is 2. The monoisotopic (exact) mass is 515 g/mol. The van der Waals surface area contributed by atoms with Crippen LogP contribution in [0.3, 0.4) is 0 Å². The smallest absolute Gasteiger partial charge is 0.260 e. The van der Waals surface area contributed by atoms with E-state index in [9.17, 15) is 13.2 Å². The molecule has 28 heavy (non-hydrogen) atoms. The summed E-state index contributed by atoms with van der Waals surface area (Å²) in [5.74, 6) is 0.0890. The molecule has 0 atom stereocenters. The highest BCUT2D eigenvalue weighted by molar-refractivity contribution is 14.1. The topological polar surface area (TPSA) is 88.1 Å². The number of nitrogens with zero attached hydrogens (tertiary/aromatic N) is 2. The van der Waals surface area contributed by atoms with Crippen molar-refractivity contribution in [2.75, 3.05) is 23.7 Å². The molecule has 1 N–H and O–H groups in total. The molecule has 0 unspecified atom stereocenters. The van der Waals surface area contributed by atoms with Gasteiger partial charge in [-0.05, 0) is 78.4 Å². The molecule has 0 aromatic heterocycles. The van der Waals surface area contributed by atoms with Gasteiger partial charge in [0.2, 0.25) is 10.0 Å². The van der Waals surface area contributed by atoms with Crippen LogP contribution in [0, 0.1) is 3.57 Å². The summed E-state index contributed by atoms with van der Waals surface area (Å²) in [7, 11) is -3.65. The minimum Gasteiger partial charge on any atom is -0.494 e. The number of carbonyl (C=O) groups excluding carboxylic acids is 1. The Bertz CT molecular complexity index is 942. The second-order valence-corrected chi connectivity index (χ2v) is 9.09. The largest absolute Gasteiger partial charge is 0.494 e. The maximum absolute atomic E-state index is 12.3. The van der Waals surface area contributed by atoms with Gasteiger partial charge in [0.25, 0.3) is 5.91 Å². The minimum absolute atomic E-state index is 0.374. The van der Waals surface area contributed by atoms with E-state index in [4.69, 9.17) is 4.74 Å².